The van der Waals surface area contributed by atoms with Gasteiger partial charge in [0.1, 0.15) is 11.9 Å². The molecule has 2 fully saturated rings. The zero-order valence-corrected chi connectivity index (χ0v) is 24.7. The maximum Gasteiger partial charge on any atom is 0.317 e. The third-order valence-electron chi connectivity index (χ3n) is 8.40. The number of aliphatic imine (C=N–C) groups is 1. The SMILES string of the molecule is Cc1ccc(C(=O)N=C2Cc3cnc(OC4CCN(CC(=O)O)CC4)cc3N2C2CCC(C(=O)NC(C)C)CC2)cc1. The molecular weight excluding hydrogens is 534 g/mol. The number of aryl methyl sites for hydroxylation is 1. The minimum Gasteiger partial charge on any atom is -0.480 e. The number of nitrogens with zero attached hydrogens (tertiary/aromatic N) is 4. The monoisotopic (exact) mass is 575 g/mol. The normalized spacial score (nSPS) is 22.3. The van der Waals surface area contributed by atoms with Gasteiger partial charge in [0, 0.05) is 60.9 Å². The Hall–Kier alpha value is -3.79. The van der Waals surface area contributed by atoms with Gasteiger partial charge in [0.25, 0.3) is 5.91 Å². The predicted molar refractivity (Wildman–Crippen MR) is 160 cm³/mol. The first-order chi connectivity index (χ1) is 20.2. The number of carbonyl (C=O) groups excluding carboxylic acids is 2. The second kappa shape index (κ2) is 13.0. The van der Waals surface area contributed by atoms with E-state index in [9.17, 15) is 14.4 Å². The largest absolute Gasteiger partial charge is 0.480 e. The van der Waals surface area contributed by atoms with Crippen molar-refractivity contribution < 1.29 is 24.2 Å². The van der Waals surface area contributed by atoms with Gasteiger partial charge in [0.2, 0.25) is 11.8 Å². The number of benzene rings is 1. The lowest BCUT2D eigenvalue weighted by atomic mass is 9.84. The molecule has 0 bridgehead atoms. The third kappa shape index (κ3) is 7.15. The van der Waals surface area contributed by atoms with Crippen molar-refractivity contribution in [2.75, 3.05) is 24.5 Å². The molecule has 1 saturated carbocycles. The molecule has 2 aromatic rings. The van der Waals surface area contributed by atoms with E-state index in [1.54, 1.807) is 0 Å². The number of aromatic nitrogens is 1. The number of rotatable bonds is 8. The number of hydrogen-bond donors (Lipinski definition) is 2. The summed E-state index contributed by atoms with van der Waals surface area (Å²) in [6.45, 7) is 7.32. The van der Waals surface area contributed by atoms with Crippen LogP contribution in [0.15, 0.2) is 41.5 Å². The lowest BCUT2D eigenvalue weighted by molar-refractivity contribution is -0.138. The molecule has 2 N–H and O–H groups in total. The number of nitrogens with one attached hydrogen (secondary N) is 1. The summed E-state index contributed by atoms with van der Waals surface area (Å²) in [4.78, 5) is 50.3. The maximum absolute atomic E-state index is 13.2. The highest BCUT2D eigenvalue weighted by atomic mass is 16.5. The van der Waals surface area contributed by atoms with E-state index >= 15 is 0 Å². The van der Waals surface area contributed by atoms with Gasteiger partial charge in [-0.2, -0.15) is 4.99 Å². The molecule has 42 heavy (non-hydrogen) atoms. The molecule has 10 nitrogen and oxygen atoms in total. The molecule has 3 aliphatic rings. The van der Waals surface area contributed by atoms with Crippen molar-refractivity contribution in [1.29, 1.82) is 0 Å². The fraction of sp³-hybridized carbons (Fsp3) is 0.531. The van der Waals surface area contributed by atoms with Gasteiger partial charge < -0.3 is 20.1 Å². The van der Waals surface area contributed by atoms with Gasteiger partial charge in [-0.05, 0) is 71.4 Å². The summed E-state index contributed by atoms with van der Waals surface area (Å²) >= 11 is 0. The number of carbonyl (C=O) groups is 3. The first-order valence-corrected chi connectivity index (χ1v) is 15.0. The molecule has 0 atom stereocenters. The van der Waals surface area contributed by atoms with E-state index in [1.165, 1.54) is 0 Å². The second-order valence-corrected chi connectivity index (χ2v) is 12.1. The molecule has 2 aliphatic heterocycles. The lowest BCUT2D eigenvalue weighted by Crippen LogP contribution is -2.44. The van der Waals surface area contributed by atoms with E-state index in [-0.39, 0.29) is 42.5 Å². The number of amides is 2. The molecule has 1 saturated heterocycles. The Morgan fingerprint density at radius 2 is 1.76 bits per heavy atom. The van der Waals surface area contributed by atoms with Gasteiger partial charge in [-0.25, -0.2) is 4.98 Å². The zero-order valence-electron chi connectivity index (χ0n) is 24.7. The smallest absolute Gasteiger partial charge is 0.317 e. The minimum absolute atomic E-state index is 0.0105. The van der Waals surface area contributed by atoms with Crippen molar-refractivity contribution in [2.24, 2.45) is 10.9 Å². The summed E-state index contributed by atoms with van der Waals surface area (Å²) < 4.78 is 6.28. The second-order valence-electron chi connectivity index (χ2n) is 12.1. The first kappa shape index (κ1) is 29.7. The summed E-state index contributed by atoms with van der Waals surface area (Å²) in [6, 6.07) is 9.62. The molecule has 1 aliphatic carbocycles. The number of anilines is 1. The van der Waals surface area contributed by atoms with Crippen LogP contribution in [-0.2, 0) is 16.0 Å². The molecule has 2 amide bonds. The van der Waals surface area contributed by atoms with E-state index < -0.39 is 5.97 Å². The number of carboxylic acids is 1. The van der Waals surface area contributed by atoms with Gasteiger partial charge in [-0.15, -0.1) is 0 Å². The van der Waals surface area contributed by atoms with E-state index in [4.69, 9.17) is 9.84 Å². The number of pyridine rings is 1. The molecular formula is C32H41N5O5. The van der Waals surface area contributed by atoms with Crippen LogP contribution in [0.3, 0.4) is 0 Å². The summed E-state index contributed by atoms with van der Waals surface area (Å²) in [7, 11) is 0. The van der Waals surface area contributed by atoms with Crippen molar-refractivity contribution in [3.8, 4) is 5.88 Å². The van der Waals surface area contributed by atoms with Gasteiger partial charge in [-0.3, -0.25) is 19.3 Å². The Morgan fingerprint density at radius 3 is 2.40 bits per heavy atom. The van der Waals surface area contributed by atoms with Crippen molar-refractivity contribution in [3.63, 3.8) is 0 Å². The Balaban J connectivity index is 1.35. The number of amidine groups is 1. The van der Waals surface area contributed by atoms with E-state index in [0.717, 1.165) is 55.3 Å². The molecule has 1 aromatic heterocycles. The Labute approximate surface area is 247 Å². The van der Waals surface area contributed by atoms with Crippen LogP contribution in [0.5, 0.6) is 5.88 Å². The van der Waals surface area contributed by atoms with Crippen LogP contribution in [0.1, 0.15) is 73.9 Å². The maximum atomic E-state index is 13.2. The number of piperidine rings is 1. The number of ether oxygens (including phenoxy) is 1. The van der Waals surface area contributed by atoms with Crippen molar-refractivity contribution in [2.45, 2.75) is 83.9 Å². The zero-order chi connectivity index (χ0) is 29.8. The summed E-state index contributed by atoms with van der Waals surface area (Å²) in [5, 5.41) is 12.1. The topological polar surface area (TPSA) is 124 Å². The fourth-order valence-corrected chi connectivity index (χ4v) is 6.20. The van der Waals surface area contributed by atoms with Crippen LogP contribution in [0.4, 0.5) is 5.69 Å². The number of hydrogen-bond acceptors (Lipinski definition) is 6. The van der Waals surface area contributed by atoms with Gasteiger partial charge in [0.05, 0.1) is 12.2 Å². The quantitative estimate of drug-likeness (QED) is 0.484. The summed E-state index contributed by atoms with van der Waals surface area (Å²) in [5.74, 6) is 0.234. The average Bonchev–Trinajstić information content (AvgIpc) is 3.30. The highest BCUT2D eigenvalue weighted by Gasteiger charge is 2.37. The number of carboxylic acid groups (broad SMARTS) is 1. The fourth-order valence-electron chi connectivity index (χ4n) is 6.20. The van der Waals surface area contributed by atoms with Crippen LogP contribution >= 0.6 is 0 Å². The minimum atomic E-state index is -0.817. The van der Waals surface area contributed by atoms with Crippen LogP contribution in [0.2, 0.25) is 0 Å². The standard InChI is InChI=1S/C32H41N5O5/c1-20(2)34-31(40)23-8-10-25(11-9-23)37-27-17-29(42-26-12-14-36(15-13-26)19-30(38)39)33-18-24(27)16-28(37)35-32(41)22-6-4-21(3)5-7-22/h4-7,17-18,20,23,25-26H,8-16,19H2,1-3H3,(H,34,40)(H,38,39). The lowest BCUT2D eigenvalue weighted by Gasteiger charge is -2.36. The average molecular weight is 576 g/mol. The van der Waals surface area contributed by atoms with Crippen molar-refractivity contribution in [1.82, 2.24) is 15.2 Å². The third-order valence-corrected chi connectivity index (χ3v) is 8.40. The molecule has 0 unspecified atom stereocenters. The Morgan fingerprint density at radius 1 is 1.07 bits per heavy atom. The van der Waals surface area contributed by atoms with E-state index in [1.807, 2.05) is 62.2 Å². The van der Waals surface area contributed by atoms with Crippen LogP contribution in [0.25, 0.3) is 0 Å². The van der Waals surface area contributed by atoms with Crippen LogP contribution in [0, 0.1) is 12.8 Å². The van der Waals surface area contributed by atoms with Gasteiger partial charge in [0.15, 0.2) is 0 Å². The number of likely N-dealkylation sites (tertiary alicyclic amines) is 1. The Kier molecular flexibility index (Phi) is 9.21. The number of aliphatic carboxylic acids is 1. The Bertz CT molecular complexity index is 1330. The van der Waals surface area contributed by atoms with Gasteiger partial charge in [-0.1, -0.05) is 17.7 Å². The van der Waals surface area contributed by atoms with Gasteiger partial charge >= 0.3 is 5.97 Å². The van der Waals surface area contributed by atoms with Crippen LogP contribution in [-0.4, -0.2) is 76.4 Å². The van der Waals surface area contributed by atoms with E-state index in [2.05, 4.69) is 20.2 Å². The molecule has 1 aromatic carbocycles. The molecule has 3 heterocycles. The predicted octanol–water partition coefficient (Wildman–Crippen LogP) is 4.00. The number of fused-ring (bicyclic) bond motifs is 1. The molecule has 5 rings (SSSR count). The van der Waals surface area contributed by atoms with Crippen molar-refractivity contribution >= 4 is 29.3 Å². The highest BCUT2D eigenvalue weighted by molar-refractivity contribution is 6.12. The summed E-state index contributed by atoms with van der Waals surface area (Å²) in [6.07, 6.45) is 6.92. The van der Waals surface area contributed by atoms with E-state index in [0.29, 0.717) is 36.8 Å². The first-order valence-electron chi connectivity index (χ1n) is 15.0. The summed E-state index contributed by atoms with van der Waals surface area (Å²) in [5.41, 5.74) is 3.58. The van der Waals surface area contributed by atoms with Crippen molar-refractivity contribution in [3.05, 3.63) is 53.2 Å². The molecule has 10 heteroatoms. The molecule has 224 valence electrons. The highest BCUT2D eigenvalue weighted by Crippen LogP contribution is 2.39. The molecule has 0 radical (unpaired) electrons. The van der Waals surface area contributed by atoms with Crippen LogP contribution < -0.4 is 15.0 Å². The molecule has 0 spiro atoms.